The van der Waals surface area contributed by atoms with E-state index in [0.29, 0.717) is 12.5 Å². The summed E-state index contributed by atoms with van der Waals surface area (Å²) in [6, 6.07) is 6.34. The van der Waals surface area contributed by atoms with Crippen molar-refractivity contribution in [3.63, 3.8) is 0 Å². The van der Waals surface area contributed by atoms with Gasteiger partial charge in [-0.25, -0.2) is 4.39 Å². The summed E-state index contributed by atoms with van der Waals surface area (Å²) >= 11 is 0. The Morgan fingerprint density at radius 3 is 2.84 bits per heavy atom. The first-order chi connectivity index (χ1) is 9.15. The van der Waals surface area contributed by atoms with Crippen molar-refractivity contribution in [1.82, 2.24) is 10.6 Å². The van der Waals surface area contributed by atoms with Gasteiger partial charge in [0.15, 0.2) is 0 Å². The predicted octanol–water partition coefficient (Wildman–Crippen LogP) is 1.87. The van der Waals surface area contributed by atoms with Gasteiger partial charge in [-0.1, -0.05) is 19.1 Å². The summed E-state index contributed by atoms with van der Waals surface area (Å²) in [6.45, 7) is 3.69. The van der Waals surface area contributed by atoms with Gasteiger partial charge in [0, 0.05) is 6.54 Å². The number of amides is 1. The molecule has 0 aromatic heterocycles. The SMILES string of the molecule is CC1CCNC(C(=O)NCCc2ccc(F)cc2)C1. The molecule has 3 nitrogen and oxygen atoms in total. The quantitative estimate of drug-likeness (QED) is 0.871. The number of hydrogen-bond donors (Lipinski definition) is 2. The van der Waals surface area contributed by atoms with Gasteiger partial charge in [-0.3, -0.25) is 4.79 Å². The van der Waals surface area contributed by atoms with Crippen molar-refractivity contribution in [1.29, 1.82) is 0 Å². The highest BCUT2D eigenvalue weighted by molar-refractivity contribution is 5.81. The van der Waals surface area contributed by atoms with E-state index in [9.17, 15) is 9.18 Å². The molecule has 19 heavy (non-hydrogen) atoms. The van der Waals surface area contributed by atoms with Crippen LogP contribution in [-0.2, 0) is 11.2 Å². The van der Waals surface area contributed by atoms with Crippen molar-refractivity contribution in [3.8, 4) is 0 Å². The van der Waals surface area contributed by atoms with Crippen LogP contribution in [0.15, 0.2) is 24.3 Å². The summed E-state index contributed by atoms with van der Waals surface area (Å²) in [5, 5.41) is 6.18. The molecule has 0 aliphatic carbocycles. The second kappa shape index (κ2) is 6.66. The van der Waals surface area contributed by atoms with Crippen molar-refractivity contribution in [2.24, 2.45) is 5.92 Å². The third kappa shape index (κ3) is 4.31. The maximum Gasteiger partial charge on any atom is 0.237 e. The number of rotatable bonds is 4. The zero-order valence-electron chi connectivity index (χ0n) is 11.3. The Morgan fingerprint density at radius 1 is 1.42 bits per heavy atom. The fourth-order valence-corrected chi connectivity index (χ4v) is 2.41. The lowest BCUT2D eigenvalue weighted by Gasteiger charge is -2.27. The average molecular weight is 264 g/mol. The van der Waals surface area contributed by atoms with Crippen LogP contribution < -0.4 is 10.6 Å². The molecule has 2 atom stereocenters. The lowest BCUT2D eigenvalue weighted by Crippen LogP contribution is -2.48. The van der Waals surface area contributed by atoms with Gasteiger partial charge in [0.1, 0.15) is 5.82 Å². The van der Waals surface area contributed by atoms with Crippen molar-refractivity contribution >= 4 is 5.91 Å². The molecule has 2 N–H and O–H groups in total. The Morgan fingerprint density at radius 2 is 2.16 bits per heavy atom. The molecule has 0 radical (unpaired) electrons. The van der Waals surface area contributed by atoms with Gasteiger partial charge in [-0.05, 0) is 49.4 Å². The number of carbonyl (C=O) groups is 1. The summed E-state index contributed by atoms with van der Waals surface area (Å²) in [5.74, 6) is 0.455. The number of piperidine rings is 1. The van der Waals surface area contributed by atoms with Gasteiger partial charge in [0.05, 0.1) is 6.04 Å². The van der Waals surface area contributed by atoms with E-state index in [0.717, 1.165) is 31.4 Å². The molecular weight excluding hydrogens is 243 g/mol. The zero-order valence-corrected chi connectivity index (χ0v) is 11.3. The van der Waals surface area contributed by atoms with E-state index in [1.54, 1.807) is 12.1 Å². The maximum absolute atomic E-state index is 12.7. The van der Waals surface area contributed by atoms with Crippen molar-refractivity contribution < 1.29 is 9.18 Å². The molecule has 1 aromatic carbocycles. The molecule has 2 unspecified atom stereocenters. The van der Waals surface area contributed by atoms with Crippen molar-refractivity contribution in [2.75, 3.05) is 13.1 Å². The minimum atomic E-state index is -0.229. The van der Waals surface area contributed by atoms with Gasteiger partial charge in [0.25, 0.3) is 0 Å². The van der Waals surface area contributed by atoms with Crippen molar-refractivity contribution in [3.05, 3.63) is 35.6 Å². The number of halogens is 1. The molecule has 1 aromatic rings. The van der Waals surface area contributed by atoms with Gasteiger partial charge < -0.3 is 10.6 Å². The minimum Gasteiger partial charge on any atom is -0.354 e. The summed E-state index contributed by atoms with van der Waals surface area (Å²) in [7, 11) is 0. The van der Waals surface area contributed by atoms with Gasteiger partial charge >= 0.3 is 0 Å². The van der Waals surface area contributed by atoms with E-state index >= 15 is 0 Å². The third-order valence-corrected chi connectivity index (χ3v) is 3.61. The van der Waals surface area contributed by atoms with Gasteiger partial charge in [0.2, 0.25) is 5.91 Å². The molecule has 1 aliphatic rings. The lowest BCUT2D eigenvalue weighted by atomic mass is 9.94. The fourth-order valence-electron chi connectivity index (χ4n) is 2.41. The third-order valence-electron chi connectivity index (χ3n) is 3.61. The Kier molecular flexibility index (Phi) is 4.91. The van der Waals surface area contributed by atoms with Gasteiger partial charge in [-0.15, -0.1) is 0 Å². The standard InChI is InChI=1S/C15H21FN2O/c1-11-6-8-17-14(10-11)15(19)18-9-7-12-2-4-13(16)5-3-12/h2-5,11,14,17H,6-10H2,1H3,(H,18,19). The molecule has 104 valence electrons. The normalized spacial score (nSPS) is 23.1. The van der Waals surface area contributed by atoms with Crippen LogP contribution in [0, 0.1) is 11.7 Å². The second-order valence-corrected chi connectivity index (χ2v) is 5.30. The minimum absolute atomic E-state index is 0.0584. The first kappa shape index (κ1) is 14.0. The number of nitrogens with one attached hydrogen (secondary N) is 2. The van der Waals surface area contributed by atoms with E-state index in [1.165, 1.54) is 12.1 Å². The highest BCUT2D eigenvalue weighted by Gasteiger charge is 2.23. The number of hydrogen-bond acceptors (Lipinski definition) is 2. The molecule has 1 saturated heterocycles. The Bertz CT molecular complexity index is 419. The van der Waals surface area contributed by atoms with Crippen LogP contribution in [-0.4, -0.2) is 25.0 Å². The Hall–Kier alpha value is -1.42. The van der Waals surface area contributed by atoms with E-state index < -0.39 is 0 Å². The molecule has 0 bridgehead atoms. The molecule has 0 saturated carbocycles. The van der Waals surface area contributed by atoms with Gasteiger partial charge in [-0.2, -0.15) is 0 Å². The maximum atomic E-state index is 12.7. The van der Waals surface area contributed by atoms with Crippen LogP contribution in [0.5, 0.6) is 0 Å². The second-order valence-electron chi connectivity index (χ2n) is 5.30. The first-order valence-corrected chi connectivity index (χ1v) is 6.90. The zero-order chi connectivity index (χ0) is 13.7. The predicted molar refractivity (Wildman–Crippen MR) is 73.3 cm³/mol. The highest BCUT2D eigenvalue weighted by atomic mass is 19.1. The summed E-state index contributed by atoms with van der Waals surface area (Å²) < 4.78 is 12.7. The molecule has 1 amide bonds. The first-order valence-electron chi connectivity index (χ1n) is 6.90. The van der Waals surface area contributed by atoms with Crippen LogP contribution in [0.1, 0.15) is 25.3 Å². The highest BCUT2D eigenvalue weighted by Crippen LogP contribution is 2.14. The van der Waals surface area contributed by atoms with E-state index in [2.05, 4.69) is 17.6 Å². The fraction of sp³-hybridized carbons (Fsp3) is 0.533. The van der Waals surface area contributed by atoms with Crippen LogP contribution >= 0.6 is 0 Å². The topological polar surface area (TPSA) is 41.1 Å². The lowest BCUT2D eigenvalue weighted by molar-refractivity contribution is -0.123. The van der Waals surface area contributed by atoms with E-state index in [-0.39, 0.29) is 17.8 Å². The Labute approximate surface area is 113 Å². The largest absolute Gasteiger partial charge is 0.354 e. The monoisotopic (exact) mass is 264 g/mol. The average Bonchev–Trinajstić information content (AvgIpc) is 2.41. The molecule has 1 fully saturated rings. The molecule has 1 aliphatic heterocycles. The van der Waals surface area contributed by atoms with Crippen LogP contribution in [0.2, 0.25) is 0 Å². The molecular formula is C15H21FN2O. The van der Waals surface area contributed by atoms with Crippen LogP contribution in [0.4, 0.5) is 4.39 Å². The Balaban J connectivity index is 1.73. The smallest absolute Gasteiger partial charge is 0.237 e. The summed E-state index contributed by atoms with van der Waals surface area (Å²) in [4.78, 5) is 12.0. The molecule has 1 heterocycles. The van der Waals surface area contributed by atoms with Crippen molar-refractivity contribution in [2.45, 2.75) is 32.2 Å². The number of benzene rings is 1. The van der Waals surface area contributed by atoms with E-state index in [4.69, 9.17) is 0 Å². The molecule has 2 rings (SSSR count). The van der Waals surface area contributed by atoms with E-state index in [1.807, 2.05) is 0 Å². The number of carbonyl (C=O) groups excluding carboxylic acids is 1. The summed E-state index contributed by atoms with van der Waals surface area (Å²) in [5.41, 5.74) is 1.03. The summed E-state index contributed by atoms with van der Waals surface area (Å²) in [6.07, 6.45) is 2.77. The molecule has 4 heteroatoms. The molecule has 0 spiro atoms. The van der Waals surface area contributed by atoms with Crippen LogP contribution in [0.3, 0.4) is 0 Å². The van der Waals surface area contributed by atoms with Crippen LogP contribution in [0.25, 0.3) is 0 Å².